The van der Waals surface area contributed by atoms with E-state index in [4.69, 9.17) is 9.97 Å². The van der Waals surface area contributed by atoms with Crippen molar-refractivity contribution < 1.29 is 0 Å². The van der Waals surface area contributed by atoms with Crippen LogP contribution in [0.15, 0.2) is 231 Å². The fourth-order valence-electron chi connectivity index (χ4n) is 15.2. The highest BCUT2D eigenvalue weighted by Gasteiger charge is 2.31. The van der Waals surface area contributed by atoms with E-state index in [2.05, 4.69) is 290 Å². The molecule has 0 atom stereocenters. The summed E-state index contributed by atoms with van der Waals surface area (Å²) in [5.41, 5.74) is 22.2. The van der Waals surface area contributed by atoms with Crippen molar-refractivity contribution in [1.82, 2.24) is 27.9 Å². The summed E-state index contributed by atoms with van der Waals surface area (Å²) < 4.78 is 9.82. The monoisotopic (exact) mass is 1100 g/mol. The van der Waals surface area contributed by atoms with Gasteiger partial charge in [0.1, 0.15) is 11.0 Å². The maximum Gasteiger partial charge on any atom is 0.165 e. The average Bonchev–Trinajstić information content (AvgIpc) is 1.56. The van der Waals surface area contributed by atoms with Crippen LogP contribution in [-0.4, -0.2) is 27.9 Å². The fraction of sp³-hybridized carbons (Fsp3) is 0.100. The first-order chi connectivity index (χ1) is 41.9. The Bertz CT molecular complexity index is 6140. The molecule has 6 nitrogen and oxygen atoms in total. The Balaban J connectivity index is 0.964. The SMILES string of the molecule is CC(C)(C)c1cc(-c2ccc3c(c2)c2ccccc2n3-c2ccccc2)c2c(c1)c1c3ccccc3cc3c4nc5c(nc4n2c31)c1c2ccccc2cc2c3cc(C(C)(C)C)cc(-c4ccc6c(c4)c4ccccc4n6-c4ccccc4)c3n5c21. The summed E-state index contributed by atoms with van der Waals surface area (Å²) in [7, 11) is 0. The van der Waals surface area contributed by atoms with E-state index in [1.807, 2.05) is 0 Å². The Morgan fingerprint density at radius 3 is 1.24 bits per heavy atom. The van der Waals surface area contributed by atoms with Crippen molar-refractivity contribution in [3.63, 3.8) is 0 Å². The average molecular weight is 1100 g/mol. The molecule has 0 unspecified atom stereocenters. The molecule has 0 saturated heterocycles. The van der Waals surface area contributed by atoms with Gasteiger partial charge in [-0.1, -0.05) is 175 Å². The van der Waals surface area contributed by atoms with Crippen molar-refractivity contribution in [3.8, 4) is 33.6 Å². The second-order valence-corrected chi connectivity index (χ2v) is 26.2. The van der Waals surface area contributed by atoms with E-state index in [1.165, 1.54) is 120 Å². The maximum atomic E-state index is 6.13. The summed E-state index contributed by atoms with van der Waals surface area (Å²) in [4.78, 5) is 12.2. The summed E-state index contributed by atoms with van der Waals surface area (Å²) >= 11 is 0. The van der Waals surface area contributed by atoms with Crippen LogP contribution in [0.25, 0.3) is 175 Å². The third kappa shape index (κ3) is 6.29. The van der Waals surface area contributed by atoms with E-state index in [-0.39, 0.29) is 10.8 Å². The zero-order chi connectivity index (χ0) is 57.2. The largest absolute Gasteiger partial charge is 0.309 e. The number of fused-ring (bicyclic) bond motifs is 22. The molecular formula is C80H56N6. The molecule has 0 spiro atoms. The molecule has 0 radical (unpaired) electrons. The van der Waals surface area contributed by atoms with E-state index in [0.29, 0.717) is 0 Å². The van der Waals surface area contributed by atoms with Crippen LogP contribution in [0, 0.1) is 0 Å². The first-order valence-corrected chi connectivity index (χ1v) is 30.1. The van der Waals surface area contributed by atoms with Crippen LogP contribution in [-0.2, 0) is 10.8 Å². The molecule has 19 aromatic rings. The number of hydrogen-bond acceptors (Lipinski definition) is 2. The molecule has 0 aliphatic rings. The Morgan fingerprint density at radius 2 is 0.698 bits per heavy atom. The quantitative estimate of drug-likeness (QED) is 0.176. The van der Waals surface area contributed by atoms with Crippen LogP contribution in [0.3, 0.4) is 0 Å². The van der Waals surface area contributed by atoms with Crippen LogP contribution >= 0.6 is 0 Å². The standard InChI is InChI=1S/C80H56N6/c1-79(2,3)49-41-57(47-33-35-67-59(37-47)55-29-17-19-31-65(55)83(67)51-23-9-7-10-24-51)73-62(43-49)61-39-45-21-14-16-28-54(45)70-72-78(85(73)75(61)70)81-71-64-40-46-22-13-15-27-53(46)69-63-44-50(80(4,5)6)42-58(74(63)86(76(64)69)77(71)82-72)48-34-36-68-60(38-48)56-30-18-20-32-66(56)84(68)52-25-11-8-12-26-52/h7-44H,1-6H3. The number of hydrogen-bond donors (Lipinski definition) is 0. The summed E-state index contributed by atoms with van der Waals surface area (Å²) in [6.07, 6.45) is 0. The van der Waals surface area contributed by atoms with Crippen molar-refractivity contribution in [2.75, 3.05) is 0 Å². The molecule has 0 N–H and O–H groups in total. The van der Waals surface area contributed by atoms with E-state index in [1.54, 1.807) is 0 Å². The Hall–Kier alpha value is -10.6. The van der Waals surface area contributed by atoms with Crippen molar-refractivity contribution in [1.29, 1.82) is 0 Å². The van der Waals surface area contributed by atoms with Crippen LogP contribution < -0.4 is 0 Å². The molecular weight excluding hydrogens is 1040 g/mol. The molecule has 12 aromatic carbocycles. The van der Waals surface area contributed by atoms with E-state index < -0.39 is 0 Å². The van der Waals surface area contributed by atoms with Gasteiger partial charge in [0, 0.05) is 76.4 Å². The normalized spacial score (nSPS) is 13.0. The minimum absolute atomic E-state index is 0.135. The Labute approximate surface area is 494 Å². The molecule has 406 valence electrons. The molecule has 19 rings (SSSR count). The maximum absolute atomic E-state index is 6.13. The molecule has 0 amide bonds. The number of aromatic nitrogens is 6. The molecule has 0 bridgehead atoms. The lowest BCUT2D eigenvalue weighted by Gasteiger charge is -2.21. The van der Waals surface area contributed by atoms with Gasteiger partial charge in [-0.05, 0) is 152 Å². The molecule has 7 aromatic heterocycles. The van der Waals surface area contributed by atoms with Crippen LogP contribution in [0.5, 0.6) is 0 Å². The van der Waals surface area contributed by atoms with Crippen LogP contribution in [0.1, 0.15) is 52.7 Å². The zero-order valence-corrected chi connectivity index (χ0v) is 48.6. The lowest BCUT2D eigenvalue weighted by Crippen LogP contribution is -2.11. The second-order valence-electron chi connectivity index (χ2n) is 26.2. The number of nitrogens with zero attached hydrogens (tertiary/aromatic N) is 6. The lowest BCUT2D eigenvalue weighted by atomic mass is 9.83. The van der Waals surface area contributed by atoms with Crippen LogP contribution in [0.4, 0.5) is 0 Å². The van der Waals surface area contributed by atoms with Gasteiger partial charge >= 0.3 is 0 Å². The molecule has 6 heteroatoms. The van der Waals surface area contributed by atoms with Gasteiger partial charge in [-0.2, -0.15) is 0 Å². The predicted molar refractivity (Wildman–Crippen MR) is 363 cm³/mol. The van der Waals surface area contributed by atoms with Gasteiger partial charge < -0.3 is 9.13 Å². The van der Waals surface area contributed by atoms with E-state index in [9.17, 15) is 0 Å². The minimum atomic E-state index is -0.143. The lowest BCUT2D eigenvalue weighted by molar-refractivity contribution is 0.591. The number of para-hydroxylation sites is 4. The van der Waals surface area contributed by atoms with E-state index >= 15 is 0 Å². The van der Waals surface area contributed by atoms with Gasteiger partial charge in [0.15, 0.2) is 11.3 Å². The van der Waals surface area contributed by atoms with Gasteiger partial charge in [-0.3, -0.25) is 8.80 Å². The minimum Gasteiger partial charge on any atom is -0.309 e. The zero-order valence-electron chi connectivity index (χ0n) is 48.6. The van der Waals surface area contributed by atoms with Crippen molar-refractivity contribution in [2.24, 2.45) is 0 Å². The molecule has 0 saturated carbocycles. The number of rotatable bonds is 4. The Morgan fingerprint density at radius 1 is 0.291 bits per heavy atom. The van der Waals surface area contributed by atoms with Gasteiger partial charge in [0.05, 0.1) is 44.1 Å². The van der Waals surface area contributed by atoms with Gasteiger partial charge in [0.25, 0.3) is 0 Å². The predicted octanol–water partition coefficient (Wildman–Crippen LogP) is 21.2. The first kappa shape index (κ1) is 47.9. The topological polar surface area (TPSA) is 44.5 Å². The molecule has 0 aliphatic carbocycles. The van der Waals surface area contributed by atoms with E-state index in [0.717, 1.165) is 66.5 Å². The highest BCUT2D eigenvalue weighted by molar-refractivity contribution is 6.35. The highest BCUT2D eigenvalue weighted by atomic mass is 15.1. The van der Waals surface area contributed by atoms with Gasteiger partial charge in [-0.15, -0.1) is 0 Å². The second kappa shape index (κ2) is 16.6. The fourth-order valence-corrected chi connectivity index (χ4v) is 15.2. The van der Waals surface area contributed by atoms with Crippen molar-refractivity contribution in [2.45, 2.75) is 52.4 Å². The number of benzene rings is 12. The summed E-state index contributed by atoms with van der Waals surface area (Å²) in [5, 5.41) is 16.8. The smallest absolute Gasteiger partial charge is 0.165 e. The third-order valence-corrected chi connectivity index (χ3v) is 19.2. The summed E-state index contributed by atoms with van der Waals surface area (Å²) in [6.45, 7) is 14.0. The van der Waals surface area contributed by atoms with Gasteiger partial charge in [-0.25, -0.2) is 9.97 Å². The summed E-state index contributed by atoms with van der Waals surface area (Å²) in [5.74, 6) is 0. The third-order valence-electron chi connectivity index (χ3n) is 19.2. The van der Waals surface area contributed by atoms with Crippen molar-refractivity contribution >= 4 is 142 Å². The van der Waals surface area contributed by atoms with Gasteiger partial charge in [0.2, 0.25) is 0 Å². The molecule has 86 heavy (non-hydrogen) atoms. The molecule has 0 fully saturated rings. The summed E-state index contributed by atoms with van der Waals surface area (Å²) in [6, 6.07) is 86.0. The molecule has 0 aliphatic heterocycles. The highest BCUT2D eigenvalue weighted by Crippen LogP contribution is 2.51. The van der Waals surface area contributed by atoms with Crippen molar-refractivity contribution in [3.05, 3.63) is 242 Å². The first-order valence-electron chi connectivity index (χ1n) is 30.1. The van der Waals surface area contributed by atoms with Crippen LogP contribution in [0.2, 0.25) is 0 Å². The Kier molecular flexibility index (Phi) is 9.25. The molecule has 7 heterocycles.